The van der Waals surface area contributed by atoms with E-state index in [9.17, 15) is 0 Å². The molecule has 1 aromatic rings. The zero-order valence-electron chi connectivity index (χ0n) is 12.2. The fraction of sp³-hybridized carbons (Fsp3) is 0.643. The van der Waals surface area contributed by atoms with Crippen LogP contribution in [0.1, 0.15) is 16.8 Å². The monoisotopic (exact) mass is 286 g/mol. The molecule has 0 unspecified atom stereocenters. The maximum atomic E-state index is 6.07. The first-order valence-corrected chi connectivity index (χ1v) is 6.93. The van der Waals surface area contributed by atoms with Crippen LogP contribution in [0.2, 0.25) is 0 Å². The van der Waals surface area contributed by atoms with Gasteiger partial charge in [0.1, 0.15) is 5.82 Å². The summed E-state index contributed by atoms with van der Waals surface area (Å²) in [5.41, 5.74) is 3.26. The third-order valence-electron chi connectivity index (χ3n) is 3.02. The number of hydrogen-bond acceptors (Lipinski definition) is 4. The number of aromatic nitrogens is 1. The summed E-state index contributed by atoms with van der Waals surface area (Å²) < 4.78 is 10.3. The lowest BCUT2D eigenvalue weighted by Crippen LogP contribution is -2.32. The van der Waals surface area contributed by atoms with Crippen LogP contribution < -0.4 is 4.90 Å². The van der Waals surface area contributed by atoms with E-state index in [0.29, 0.717) is 19.1 Å². The van der Waals surface area contributed by atoms with E-state index in [-0.39, 0.29) is 0 Å². The molecule has 0 aliphatic heterocycles. The number of aryl methyl sites for hydroxylation is 2. The number of rotatable bonds is 8. The summed E-state index contributed by atoms with van der Waals surface area (Å²) in [7, 11) is 3.40. The fourth-order valence-electron chi connectivity index (χ4n) is 2.00. The number of ether oxygens (including phenoxy) is 2. The lowest BCUT2D eigenvalue weighted by atomic mass is 10.1. The van der Waals surface area contributed by atoms with Crippen LogP contribution in [0.5, 0.6) is 0 Å². The summed E-state index contributed by atoms with van der Waals surface area (Å²) in [6.07, 6.45) is 0. The lowest BCUT2D eigenvalue weighted by molar-refractivity contribution is 0.190. The Bertz CT molecular complexity index is 391. The van der Waals surface area contributed by atoms with E-state index in [1.165, 1.54) is 5.56 Å². The summed E-state index contributed by atoms with van der Waals surface area (Å²) in [6.45, 7) is 6.93. The molecule has 0 atom stereocenters. The summed E-state index contributed by atoms with van der Waals surface area (Å²) >= 11 is 6.07. The van der Waals surface area contributed by atoms with E-state index in [1.54, 1.807) is 14.2 Å². The Morgan fingerprint density at radius 1 is 1.16 bits per heavy atom. The largest absolute Gasteiger partial charge is 0.383 e. The normalized spacial score (nSPS) is 10.8. The summed E-state index contributed by atoms with van der Waals surface area (Å²) in [5, 5.41) is 0. The van der Waals surface area contributed by atoms with Crippen LogP contribution in [0, 0.1) is 13.8 Å². The molecule has 0 aromatic carbocycles. The average molecular weight is 287 g/mol. The molecular formula is C14H23ClN2O2. The Labute approximate surface area is 120 Å². The second-order valence-corrected chi connectivity index (χ2v) is 4.76. The van der Waals surface area contributed by atoms with Gasteiger partial charge < -0.3 is 14.4 Å². The first-order chi connectivity index (χ1) is 9.13. The molecule has 0 N–H and O–H groups in total. The van der Waals surface area contributed by atoms with Crippen molar-refractivity contribution in [3.63, 3.8) is 0 Å². The quantitative estimate of drug-likeness (QED) is 0.688. The third kappa shape index (κ3) is 4.64. The summed E-state index contributed by atoms with van der Waals surface area (Å²) in [6, 6.07) is 2.06. The van der Waals surface area contributed by atoms with Gasteiger partial charge in [0.25, 0.3) is 0 Å². The topological polar surface area (TPSA) is 34.6 Å². The molecule has 0 radical (unpaired) electrons. The predicted molar refractivity (Wildman–Crippen MR) is 79.2 cm³/mol. The van der Waals surface area contributed by atoms with E-state index in [1.807, 2.05) is 6.92 Å². The first kappa shape index (κ1) is 16.2. The van der Waals surface area contributed by atoms with Gasteiger partial charge in [0.05, 0.1) is 19.1 Å². The van der Waals surface area contributed by atoms with Crippen molar-refractivity contribution in [3.8, 4) is 0 Å². The number of methoxy groups -OCH3 is 2. The van der Waals surface area contributed by atoms with Crippen LogP contribution in [0.25, 0.3) is 0 Å². The highest BCUT2D eigenvalue weighted by atomic mass is 35.5. The van der Waals surface area contributed by atoms with Crippen LogP contribution >= 0.6 is 11.6 Å². The Morgan fingerprint density at radius 2 is 1.74 bits per heavy atom. The molecule has 19 heavy (non-hydrogen) atoms. The standard InChI is InChI=1S/C14H23ClN2O2/c1-11-9-12(2)16-14(13(11)10-15)17(5-7-18-3)6-8-19-4/h9H,5-8,10H2,1-4H3. The predicted octanol–water partition coefficient (Wildman–Crippen LogP) is 2.54. The van der Waals surface area contributed by atoms with Crippen molar-refractivity contribution < 1.29 is 9.47 Å². The second-order valence-electron chi connectivity index (χ2n) is 4.49. The Morgan fingerprint density at radius 3 is 2.21 bits per heavy atom. The van der Waals surface area contributed by atoms with Gasteiger partial charge in [0, 0.05) is 38.6 Å². The highest BCUT2D eigenvalue weighted by molar-refractivity contribution is 6.17. The number of anilines is 1. The smallest absolute Gasteiger partial charge is 0.133 e. The summed E-state index contributed by atoms with van der Waals surface area (Å²) in [4.78, 5) is 6.81. The van der Waals surface area contributed by atoms with Gasteiger partial charge >= 0.3 is 0 Å². The van der Waals surface area contributed by atoms with Crippen molar-refractivity contribution in [3.05, 3.63) is 22.9 Å². The minimum atomic E-state index is 0.463. The van der Waals surface area contributed by atoms with Gasteiger partial charge in [-0.3, -0.25) is 0 Å². The van der Waals surface area contributed by atoms with Crippen molar-refractivity contribution in [2.75, 3.05) is 45.4 Å². The highest BCUT2D eigenvalue weighted by Gasteiger charge is 2.15. The molecule has 0 saturated heterocycles. The van der Waals surface area contributed by atoms with E-state index in [0.717, 1.165) is 30.2 Å². The van der Waals surface area contributed by atoms with E-state index >= 15 is 0 Å². The molecule has 1 heterocycles. The summed E-state index contributed by atoms with van der Waals surface area (Å²) in [5.74, 6) is 1.41. The number of hydrogen-bond donors (Lipinski definition) is 0. The van der Waals surface area contributed by atoms with Crippen molar-refractivity contribution in [2.45, 2.75) is 19.7 Å². The molecule has 0 fully saturated rings. The van der Waals surface area contributed by atoms with Gasteiger partial charge in [-0.05, 0) is 25.5 Å². The van der Waals surface area contributed by atoms with Gasteiger partial charge in [-0.2, -0.15) is 0 Å². The zero-order chi connectivity index (χ0) is 14.3. The fourth-order valence-corrected chi connectivity index (χ4v) is 2.33. The lowest BCUT2D eigenvalue weighted by Gasteiger charge is -2.26. The van der Waals surface area contributed by atoms with Crippen LogP contribution in [-0.2, 0) is 15.4 Å². The van der Waals surface area contributed by atoms with Crippen LogP contribution in [0.3, 0.4) is 0 Å². The molecular weight excluding hydrogens is 264 g/mol. The van der Waals surface area contributed by atoms with Gasteiger partial charge in [-0.15, -0.1) is 11.6 Å². The Balaban J connectivity index is 3.04. The average Bonchev–Trinajstić information content (AvgIpc) is 2.38. The van der Waals surface area contributed by atoms with Crippen molar-refractivity contribution in [2.24, 2.45) is 0 Å². The van der Waals surface area contributed by atoms with E-state index in [4.69, 9.17) is 21.1 Å². The van der Waals surface area contributed by atoms with E-state index in [2.05, 4.69) is 22.9 Å². The second kappa shape index (κ2) is 8.35. The molecule has 4 nitrogen and oxygen atoms in total. The Kier molecular flexibility index (Phi) is 7.13. The molecule has 108 valence electrons. The van der Waals surface area contributed by atoms with Gasteiger partial charge in [-0.1, -0.05) is 0 Å². The zero-order valence-corrected chi connectivity index (χ0v) is 13.0. The first-order valence-electron chi connectivity index (χ1n) is 6.40. The maximum absolute atomic E-state index is 6.07. The minimum absolute atomic E-state index is 0.463. The molecule has 5 heteroatoms. The van der Waals surface area contributed by atoms with Gasteiger partial charge in [0.15, 0.2) is 0 Å². The molecule has 1 aromatic heterocycles. The van der Waals surface area contributed by atoms with Crippen molar-refractivity contribution in [1.82, 2.24) is 4.98 Å². The van der Waals surface area contributed by atoms with Crippen molar-refractivity contribution >= 4 is 17.4 Å². The van der Waals surface area contributed by atoms with Crippen LogP contribution in [0.4, 0.5) is 5.82 Å². The molecule has 0 aliphatic carbocycles. The van der Waals surface area contributed by atoms with E-state index < -0.39 is 0 Å². The molecule has 0 amide bonds. The van der Waals surface area contributed by atoms with Crippen LogP contribution in [-0.4, -0.2) is 45.5 Å². The Hall–Kier alpha value is -0.840. The molecule has 0 bridgehead atoms. The molecule has 0 saturated carbocycles. The van der Waals surface area contributed by atoms with Crippen molar-refractivity contribution in [1.29, 1.82) is 0 Å². The number of nitrogens with zero attached hydrogens (tertiary/aromatic N) is 2. The molecule has 1 rings (SSSR count). The number of halogens is 1. The van der Waals surface area contributed by atoms with Crippen LogP contribution in [0.15, 0.2) is 6.07 Å². The SMILES string of the molecule is COCCN(CCOC)c1nc(C)cc(C)c1CCl. The minimum Gasteiger partial charge on any atom is -0.383 e. The highest BCUT2D eigenvalue weighted by Crippen LogP contribution is 2.24. The number of pyridine rings is 1. The van der Waals surface area contributed by atoms with Gasteiger partial charge in [-0.25, -0.2) is 4.98 Å². The maximum Gasteiger partial charge on any atom is 0.133 e. The number of alkyl halides is 1. The molecule has 0 aliphatic rings. The third-order valence-corrected chi connectivity index (χ3v) is 3.28. The van der Waals surface area contributed by atoms with Gasteiger partial charge in [0.2, 0.25) is 0 Å². The molecule has 0 spiro atoms.